The number of ether oxygens (including phenoxy) is 1. The van der Waals surface area contributed by atoms with Crippen LogP contribution < -0.4 is 5.56 Å². The van der Waals surface area contributed by atoms with Gasteiger partial charge in [-0.2, -0.15) is 0 Å². The lowest BCUT2D eigenvalue weighted by atomic mass is 10.1. The van der Waals surface area contributed by atoms with Gasteiger partial charge in [0, 0.05) is 25.4 Å². The first-order valence-corrected chi connectivity index (χ1v) is 6.15. The van der Waals surface area contributed by atoms with Crippen molar-refractivity contribution >= 4 is 5.97 Å². The summed E-state index contributed by atoms with van der Waals surface area (Å²) in [6.07, 6.45) is 1.70. The molecule has 104 valence electrons. The van der Waals surface area contributed by atoms with Gasteiger partial charge in [0.25, 0.3) is 5.56 Å². The van der Waals surface area contributed by atoms with Crippen LogP contribution >= 0.6 is 0 Å². The Balaban J connectivity index is 2.37. The van der Waals surface area contributed by atoms with E-state index in [1.165, 1.54) is 12.1 Å². The lowest BCUT2D eigenvalue weighted by Gasteiger charge is -2.07. The van der Waals surface area contributed by atoms with Gasteiger partial charge in [0.2, 0.25) is 0 Å². The molecule has 1 aromatic heterocycles. The average molecular weight is 273 g/mol. The van der Waals surface area contributed by atoms with E-state index < -0.39 is 5.97 Å². The zero-order valence-electron chi connectivity index (χ0n) is 11.1. The number of methoxy groups -OCH3 is 1. The molecular formula is C15H15NO4. The summed E-state index contributed by atoms with van der Waals surface area (Å²) in [4.78, 5) is 23.1. The third kappa shape index (κ3) is 2.95. The van der Waals surface area contributed by atoms with Crippen molar-refractivity contribution < 1.29 is 14.6 Å². The third-order valence-corrected chi connectivity index (χ3v) is 3.00. The minimum atomic E-state index is -0.984. The fourth-order valence-electron chi connectivity index (χ4n) is 1.91. The highest BCUT2D eigenvalue weighted by Gasteiger charge is 2.07. The highest BCUT2D eigenvalue weighted by atomic mass is 16.5. The summed E-state index contributed by atoms with van der Waals surface area (Å²) in [5.74, 6) is -0.984. The molecule has 20 heavy (non-hydrogen) atoms. The SMILES string of the molecule is COCCn1cccc(-c2ccc(C(=O)O)cc2)c1=O. The van der Waals surface area contributed by atoms with Crippen LogP contribution in [0.3, 0.4) is 0 Å². The molecule has 0 amide bonds. The number of hydrogen-bond acceptors (Lipinski definition) is 3. The zero-order valence-corrected chi connectivity index (χ0v) is 11.1. The van der Waals surface area contributed by atoms with Crippen molar-refractivity contribution in [2.75, 3.05) is 13.7 Å². The molecule has 0 aliphatic rings. The Labute approximate surface area is 116 Å². The largest absolute Gasteiger partial charge is 0.478 e. The second kappa shape index (κ2) is 6.16. The topological polar surface area (TPSA) is 68.5 Å². The molecule has 0 fully saturated rings. The molecule has 2 rings (SSSR count). The maximum atomic E-state index is 12.3. The fraction of sp³-hybridized carbons (Fsp3) is 0.200. The molecule has 0 saturated heterocycles. The van der Waals surface area contributed by atoms with Gasteiger partial charge in [-0.1, -0.05) is 12.1 Å². The van der Waals surface area contributed by atoms with E-state index in [9.17, 15) is 9.59 Å². The average Bonchev–Trinajstić information content (AvgIpc) is 2.46. The monoisotopic (exact) mass is 273 g/mol. The van der Waals surface area contributed by atoms with Crippen LogP contribution in [0.4, 0.5) is 0 Å². The number of carboxylic acid groups (broad SMARTS) is 1. The molecule has 0 saturated carbocycles. The summed E-state index contributed by atoms with van der Waals surface area (Å²) in [7, 11) is 1.58. The predicted molar refractivity (Wildman–Crippen MR) is 75.0 cm³/mol. The lowest BCUT2D eigenvalue weighted by Crippen LogP contribution is -2.22. The highest BCUT2D eigenvalue weighted by Crippen LogP contribution is 2.16. The number of hydrogen-bond donors (Lipinski definition) is 1. The van der Waals surface area contributed by atoms with Crippen LogP contribution in [0.25, 0.3) is 11.1 Å². The Morgan fingerprint density at radius 2 is 1.95 bits per heavy atom. The Morgan fingerprint density at radius 1 is 1.25 bits per heavy atom. The van der Waals surface area contributed by atoms with Crippen molar-refractivity contribution in [3.8, 4) is 11.1 Å². The molecule has 0 aliphatic heterocycles. The number of rotatable bonds is 5. The van der Waals surface area contributed by atoms with Gasteiger partial charge in [-0.05, 0) is 29.8 Å². The Morgan fingerprint density at radius 3 is 2.55 bits per heavy atom. The number of benzene rings is 1. The summed E-state index contributed by atoms with van der Waals surface area (Å²) in [6.45, 7) is 0.942. The van der Waals surface area contributed by atoms with Crippen LogP contribution in [-0.2, 0) is 11.3 Å². The Hall–Kier alpha value is -2.40. The summed E-state index contributed by atoms with van der Waals surface area (Å²) in [6, 6.07) is 9.77. The molecule has 0 radical (unpaired) electrons. The minimum Gasteiger partial charge on any atom is -0.478 e. The van der Waals surface area contributed by atoms with E-state index in [4.69, 9.17) is 9.84 Å². The van der Waals surface area contributed by atoms with Crippen molar-refractivity contribution in [2.45, 2.75) is 6.54 Å². The van der Waals surface area contributed by atoms with Gasteiger partial charge in [0.15, 0.2) is 0 Å². The van der Waals surface area contributed by atoms with Gasteiger partial charge in [0.1, 0.15) is 0 Å². The van der Waals surface area contributed by atoms with Crippen LogP contribution in [-0.4, -0.2) is 29.4 Å². The number of aromatic carboxylic acids is 1. The van der Waals surface area contributed by atoms with Crippen LogP contribution in [0, 0.1) is 0 Å². The first-order valence-electron chi connectivity index (χ1n) is 6.15. The van der Waals surface area contributed by atoms with E-state index in [1.807, 2.05) is 0 Å². The van der Waals surface area contributed by atoms with Crippen LogP contribution in [0.2, 0.25) is 0 Å². The van der Waals surface area contributed by atoms with Gasteiger partial charge in [0.05, 0.1) is 12.2 Å². The van der Waals surface area contributed by atoms with Crippen LogP contribution in [0.15, 0.2) is 47.4 Å². The van der Waals surface area contributed by atoms with Crippen LogP contribution in [0.5, 0.6) is 0 Å². The number of nitrogens with zero attached hydrogens (tertiary/aromatic N) is 1. The maximum absolute atomic E-state index is 12.3. The number of carboxylic acids is 1. The predicted octanol–water partition coefficient (Wildman–Crippen LogP) is 1.86. The first-order chi connectivity index (χ1) is 9.63. The van der Waals surface area contributed by atoms with Crippen molar-refractivity contribution in [3.05, 3.63) is 58.5 Å². The fourth-order valence-corrected chi connectivity index (χ4v) is 1.91. The lowest BCUT2D eigenvalue weighted by molar-refractivity contribution is 0.0697. The van der Waals surface area contributed by atoms with Gasteiger partial charge >= 0.3 is 5.97 Å². The van der Waals surface area contributed by atoms with Crippen molar-refractivity contribution in [2.24, 2.45) is 0 Å². The summed E-state index contributed by atoms with van der Waals surface area (Å²) in [5, 5.41) is 8.86. The second-order valence-electron chi connectivity index (χ2n) is 4.30. The number of aromatic nitrogens is 1. The van der Waals surface area contributed by atoms with E-state index in [0.717, 1.165) is 0 Å². The van der Waals surface area contributed by atoms with Crippen molar-refractivity contribution in [1.82, 2.24) is 4.57 Å². The normalized spacial score (nSPS) is 10.4. The second-order valence-corrected chi connectivity index (χ2v) is 4.30. The smallest absolute Gasteiger partial charge is 0.335 e. The molecule has 1 N–H and O–H groups in total. The number of pyridine rings is 1. The molecule has 0 unspecified atom stereocenters. The minimum absolute atomic E-state index is 0.118. The van der Waals surface area contributed by atoms with E-state index in [0.29, 0.717) is 24.3 Å². The molecule has 2 aromatic rings. The quantitative estimate of drug-likeness (QED) is 0.902. The molecule has 0 spiro atoms. The van der Waals surface area contributed by atoms with Gasteiger partial charge < -0.3 is 14.4 Å². The van der Waals surface area contributed by atoms with Gasteiger partial charge in [-0.15, -0.1) is 0 Å². The van der Waals surface area contributed by atoms with Gasteiger partial charge in [-0.25, -0.2) is 4.79 Å². The van der Waals surface area contributed by atoms with Crippen molar-refractivity contribution in [1.29, 1.82) is 0 Å². The van der Waals surface area contributed by atoms with E-state index in [2.05, 4.69) is 0 Å². The molecule has 5 heteroatoms. The van der Waals surface area contributed by atoms with Crippen molar-refractivity contribution in [3.63, 3.8) is 0 Å². The summed E-state index contributed by atoms with van der Waals surface area (Å²) < 4.78 is 6.54. The van der Waals surface area contributed by atoms with Crippen LogP contribution in [0.1, 0.15) is 10.4 Å². The van der Waals surface area contributed by atoms with Gasteiger partial charge in [-0.3, -0.25) is 4.79 Å². The molecule has 1 aromatic carbocycles. The molecule has 1 heterocycles. The Kier molecular flexibility index (Phi) is 4.32. The number of carbonyl (C=O) groups is 1. The van der Waals surface area contributed by atoms with E-state index in [1.54, 1.807) is 42.1 Å². The standard InChI is InChI=1S/C15H15NO4/c1-20-10-9-16-8-2-3-13(14(16)17)11-4-6-12(7-5-11)15(18)19/h2-8H,9-10H2,1H3,(H,18,19). The van der Waals surface area contributed by atoms with E-state index in [-0.39, 0.29) is 11.1 Å². The summed E-state index contributed by atoms with van der Waals surface area (Å²) >= 11 is 0. The third-order valence-electron chi connectivity index (χ3n) is 3.00. The maximum Gasteiger partial charge on any atom is 0.335 e. The summed E-state index contributed by atoms with van der Waals surface area (Å²) in [5.41, 5.74) is 1.32. The zero-order chi connectivity index (χ0) is 14.5. The molecule has 5 nitrogen and oxygen atoms in total. The Bertz CT molecular complexity index is 658. The van der Waals surface area contributed by atoms with E-state index >= 15 is 0 Å². The molecular weight excluding hydrogens is 258 g/mol. The molecule has 0 atom stereocenters. The highest BCUT2D eigenvalue weighted by molar-refractivity contribution is 5.88. The molecule has 0 aliphatic carbocycles. The molecule has 0 bridgehead atoms. The first kappa shape index (κ1) is 14.0.